The summed E-state index contributed by atoms with van der Waals surface area (Å²) < 4.78 is 5.72. The molecule has 0 saturated carbocycles. The summed E-state index contributed by atoms with van der Waals surface area (Å²) in [6, 6.07) is 11.9. The fourth-order valence-corrected chi connectivity index (χ4v) is 2.11. The molecule has 1 aromatic carbocycles. The van der Waals surface area contributed by atoms with Crippen LogP contribution in [0.1, 0.15) is 25.8 Å². The van der Waals surface area contributed by atoms with Crippen molar-refractivity contribution in [3.05, 3.63) is 29.8 Å². The molecule has 4 nitrogen and oxygen atoms in total. The van der Waals surface area contributed by atoms with Crippen molar-refractivity contribution in [1.29, 1.82) is 10.5 Å². The van der Waals surface area contributed by atoms with Crippen molar-refractivity contribution < 1.29 is 4.74 Å². The number of hydrogen-bond acceptors (Lipinski definition) is 4. The second-order valence-corrected chi connectivity index (χ2v) is 5.43. The molecule has 112 valence electrons. The average Bonchev–Trinajstić information content (AvgIpc) is 2.46. The predicted octanol–water partition coefficient (Wildman–Crippen LogP) is 3.00. The molecule has 0 saturated heterocycles. The highest BCUT2D eigenvalue weighted by Gasteiger charge is 2.07. The van der Waals surface area contributed by atoms with E-state index >= 15 is 0 Å². The van der Waals surface area contributed by atoms with Gasteiger partial charge in [0.2, 0.25) is 0 Å². The molecule has 0 unspecified atom stereocenters. The van der Waals surface area contributed by atoms with Crippen molar-refractivity contribution in [2.75, 3.05) is 26.2 Å². The van der Waals surface area contributed by atoms with Gasteiger partial charge in [-0.3, -0.25) is 4.90 Å². The first-order valence-corrected chi connectivity index (χ1v) is 7.33. The number of hydrogen-bond donors (Lipinski definition) is 0. The Morgan fingerprint density at radius 3 is 2.38 bits per heavy atom. The van der Waals surface area contributed by atoms with E-state index in [1.807, 2.05) is 24.3 Å². The van der Waals surface area contributed by atoms with Crippen molar-refractivity contribution in [3.63, 3.8) is 0 Å². The van der Waals surface area contributed by atoms with Crippen molar-refractivity contribution in [2.24, 2.45) is 5.92 Å². The van der Waals surface area contributed by atoms with Gasteiger partial charge in [0.25, 0.3) is 0 Å². The lowest BCUT2D eigenvalue weighted by Gasteiger charge is -2.23. The van der Waals surface area contributed by atoms with E-state index in [1.54, 1.807) is 0 Å². The van der Waals surface area contributed by atoms with Crippen LogP contribution in [0.3, 0.4) is 0 Å². The van der Waals surface area contributed by atoms with Gasteiger partial charge in [-0.05, 0) is 23.6 Å². The van der Waals surface area contributed by atoms with Crippen LogP contribution < -0.4 is 4.74 Å². The van der Waals surface area contributed by atoms with Crippen molar-refractivity contribution in [3.8, 4) is 17.9 Å². The molecule has 0 aromatic heterocycles. The molecule has 0 atom stereocenters. The predicted molar refractivity (Wildman–Crippen MR) is 82.8 cm³/mol. The highest BCUT2D eigenvalue weighted by Crippen LogP contribution is 2.12. The van der Waals surface area contributed by atoms with E-state index in [0.29, 0.717) is 25.4 Å². The van der Waals surface area contributed by atoms with Gasteiger partial charge >= 0.3 is 0 Å². The Bertz CT molecular complexity index is 482. The Kier molecular flexibility index (Phi) is 7.94. The van der Waals surface area contributed by atoms with E-state index in [9.17, 15) is 0 Å². The molecule has 21 heavy (non-hydrogen) atoms. The fraction of sp³-hybridized carbons (Fsp3) is 0.529. The molecule has 0 radical (unpaired) electrons. The van der Waals surface area contributed by atoms with Gasteiger partial charge in [0.1, 0.15) is 12.4 Å². The first kappa shape index (κ1) is 17.0. The quantitative estimate of drug-likeness (QED) is 0.700. The van der Waals surface area contributed by atoms with Gasteiger partial charge in [-0.1, -0.05) is 26.0 Å². The molecule has 0 bridgehead atoms. The lowest BCUT2D eigenvalue weighted by molar-refractivity contribution is 0.195. The Hall–Kier alpha value is -2.04. The van der Waals surface area contributed by atoms with E-state index in [-0.39, 0.29) is 0 Å². The minimum Gasteiger partial charge on any atom is -0.492 e. The maximum absolute atomic E-state index is 8.69. The maximum Gasteiger partial charge on any atom is 0.119 e. The normalized spacial score (nSPS) is 10.4. The smallest absolute Gasteiger partial charge is 0.119 e. The van der Waals surface area contributed by atoms with Gasteiger partial charge < -0.3 is 4.74 Å². The molecule has 1 aromatic rings. The van der Waals surface area contributed by atoms with Crippen molar-refractivity contribution in [1.82, 2.24) is 4.90 Å². The van der Waals surface area contributed by atoms with Gasteiger partial charge in [0, 0.05) is 26.1 Å². The Morgan fingerprint density at radius 2 is 1.81 bits per heavy atom. The van der Waals surface area contributed by atoms with Crippen LogP contribution in [0.4, 0.5) is 0 Å². The third-order valence-electron chi connectivity index (χ3n) is 3.05. The summed E-state index contributed by atoms with van der Waals surface area (Å²) in [5.74, 6) is 1.40. The van der Waals surface area contributed by atoms with Crippen molar-refractivity contribution >= 4 is 0 Å². The molecule has 0 fully saturated rings. The van der Waals surface area contributed by atoms with E-state index < -0.39 is 0 Å². The number of benzene rings is 1. The summed E-state index contributed by atoms with van der Waals surface area (Å²) in [6.45, 7) is 7.54. The fourth-order valence-electron chi connectivity index (χ4n) is 2.11. The largest absolute Gasteiger partial charge is 0.492 e. The summed E-state index contributed by atoms with van der Waals surface area (Å²) >= 11 is 0. The van der Waals surface area contributed by atoms with E-state index in [4.69, 9.17) is 15.3 Å². The summed E-state index contributed by atoms with van der Waals surface area (Å²) in [5.41, 5.74) is 1.00. The first-order chi connectivity index (χ1) is 10.2. The second kappa shape index (κ2) is 9.80. The highest BCUT2D eigenvalue weighted by atomic mass is 16.5. The van der Waals surface area contributed by atoms with Gasteiger partial charge in [-0.15, -0.1) is 0 Å². The minimum atomic E-state index is 0.427. The minimum absolute atomic E-state index is 0.427. The summed E-state index contributed by atoms with van der Waals surface area (Å²) in [6.07, 6.45) is 0.978. The third kappa shape index (κ3) is 7.34. The Morgan fingerprint density at radius 1 is 1.10 bits per heavy atom. The van der Waals surface area contributed by atoms with E-state index in [2.05, 4.69) is 30.9 Å². The molecular weight excluding hydrogens is 262 g/mol. The zero-order valence-corrected chi connectivity index (χ0v) is 12.9. The Labute approximate surface area is 127 Å². The van der Waals surface area contributed by atoms with Crippen LogP contribution in [0.2, 0.25) is 0 Å². The van der Waals surface area contributed by atoms with Gasteiger partial charge in [0.15, 0.2) is 0 Å². The van der Waals surface area contributed by atoms with Gasteiger partial charge in [0.05, 0.1) is 18.6 Å². The number of ether oxygens (including phenoxy) is 1. The SMILES string of the molecule is CC(C)CN(CCC#N)CCOc1ccc(CC#N)cc1. The van der Waals surface area contributed by atoms with Crippen LogP contribution in [-0.2, 0) is 6.42 Å². The van der Waals surface area contributed by atoms with Gasteiger partial charge in [-0.25, -0.2) is 0 Å². The van der Waals surface area contributed by atoms with Crippen LogP contribution >= 0.6 is 0 Å². The zero-order valence-electron chi connectivity index (χ0n) is 12.9. The van der Waals surface area contributed by atoms with Crippen LogP contribution in [0, 0.1) is 28.6 Å². The number of nitriles is 2. The number of nitrogens with zero attached hydrogens (tertiary/aromatic N) is 3. The zero-order chi connectivity index (χ0) is 15.5. The van der Waals surface area contributed by atoms with Crippen LogP contribution in [0.15, 0.2) is 24.3 Å². The molecule has 0 spiro atoms. The molecular formula is C17H23N3O. The van der Waals surface area contributed by atoms with E-state index in [1.165, 1.54) is 0 Å². The number of rotatable bonds is 9. The van der Waals surface area contributed by atoms with E-state index in [0.717, 1.165) is 30.9 Å². The second-order valence-electron chi connectivity index (χ2n) is 5.43. The molecule has 0 heterocycles. The molecule has 0 aliphatic rings. The van der Waals surface area contributed by atoms with Crippen LogP contribution in [0.25, 0.3) is 0 Å². The molecule has 0 aliphatic carbocycles. The topological polar surface area (TPSA) is 60.1 Å². The van der Waals surface area contributed by atoms with Crippen LogP contribution in [-0.4, -0.2) is 31.1 Å². The lowest BCUT2D eigenvalue weighted by Crippen LogP contribution is -2.32. The molecule has 0 aliphatic heterocycles. The molecule has 0 amide bonds. The average molecular weight is 285 g/mol. The van der Waals surface area contributed by atoms with Crippen molar-refractivity contribution in [2.45, 2.75) is 26.7 Å². The summed E-state index contributed by atoms with van der Waals surface area (Å²) in [7, 11) is 0. The Balaban J connectivity index is 2.38. The third-order valence-corrected chi connectivity index (χ3v) is 3.05. The maximum atomic E-state index is 8.69. The standard InChI is InChI=1S/C17H23N3O/c1-15(2)14-20(11-3-9-18)12-13-21-17-6-4-16(5-7-17)8-10-19/h4-7,15H,3,8,11-14H2,1-2H3. The lowest BCUT2D eigenvalue weighted by atomic mass is 10.2. The molecule has 1 rings (SSSR count). The first-order valence-electron chi connectivity index (χ1n) is 7.33. The molecule has 4 heteroatoms. The highest BCUT2D eigenvalue weighted by molar-refractivity contribution is 5.28. The van der Waals surface area contributed by atoms with Crippen LogP contribution in [0.5, 0.6) is 5.75 Å². The summed E-state index contributed by atoms with van der Waals surface area (Å²) in [5, 5.41) is 17.3. The van der Waals surface area contributed by atoms with Gasteiger partial charge in [-0.2, -0.15) is 10.5 Å². The molecule has 0 N–H and O–H groups in total. The summed E-state index contributed by atoms with van der Waals surface area (Å²) in [4.78, 5) is 2.26. The monoisotopic (exact) mass is 285 g/mol.